The first-order valence-corrected chi connectivity index (χ1v) is 55.3. The van der Waals surface area contributed by atoms with Gasteiger partial charge in [-0.05, 0) is 108 Å². The number of nitriles is 1. The van der Waals surface area contributed by atoms with E-state index in [1.54, 1.807) is 6.07 Å². The van der Waals surface area contributed by atoms with Crippen LogP contribution in [0.1, 0.15) is 121 Å². The second-order valence-corrected chi connectivity index (χ2v) is 59.9. The summed E-state index contributed by atoms with van der Waals surface area (Å²) in [6.45, 7) is 58.1. The van der Waals surface area contributed by atoms with E-state index in [0.717, 1.165) is 69.1 Å². The van der Waals surface area contributed by atoms with E-state index in [-0.39, 0.29) is 101 Å². The Hall–Kier alpha value is -5.11. The van der Waals surface area contributed by atoms with Crippen LogP contribution in [0.3, 0.4) is 0 Å². The Kier molecular flexibility index (Phi) is 42.1. The predicted molar refractivity (Wildman–Crippen MR) is 467 cm³/mol. The third-order valence-electron chi connectivity index (χ3n) is 18.3. The molecule has 0 N–H and O–H groups in total. The molecule has 6 aromatic carbocycles. The Bertz CT molecular complexity index is 4510. The van der Waals surface area contributed by atoms with Gasteiger partial charge in [0.05, 0.1) is 40.4 Å². The molecule has 11 rings (SSSR count). The van der Waals surface area contributed by atoms with Gasteiger partial charge in [-0.2, -0.15) is 0 Å². The molecule has 0 aliphatic carbocycles. The van der Waals surface area contributed by atoms with Crippen LogP contribution in [0.4, 0.5) is 0 Å². The molecule has 11 aromatic rings. The molecular weight excluding hydrogens is 2310 g/mol. The summed E-state index contributed by atoms with van der Waals surface area (Å²) in [5.74, 6) is 2.70. The van der Waals surface area contributed by atoms with Crippen molar-refractivity contribution in [1.82, 2.24) is 24.9 Å². The van der Waals surface area contributed by atoms with Crippen molar-refractivity contribution >= 4 is 66.3 Å². The van der Waals surface area contributed by atoms with Crippen LogP contribution in [-0.4, -0.2) is 65.3 Å². The molecule has 0 fully saturated rings. The molecule has 0 bridgehead atoms. The molecule has 593 valence electrons. The second-order valence-electron chi connectivity index (χ2n) is 34.6. The van der Waals surface area contributed by atoms with E-state index in [4.69, 9.17) is 25.2 Å². The summed E-state index contributed by atoms with van der Waals surface area (Å²) in [6, 6.07) is 78.7. The Labute approximate surface area is 737 Å². The summed E-state index contributed by atoms with van der Waals surface area (Å²) >= 11 is 0. The van der Waals surface area contributed by atoms with Crippen LogP contribution in [0.25, 0.3) is 67.4 Å². The molecule has 0 saturated carbocycles. The first-order chi connectivity index (χ1) is 49.3. The van der Waals surface area contributed by atoms with Gasteiger partial charge < -0.3 is 24.9 Å². The maximum absolute atomic E-state index is 8.92. The topological polar surface area (TPSA) is 88.2 Å². The SMILES string of the molecule is CC(C)Cc1cc(-c2[c-]ccc(-c3ccccc3)c2)ncc1[Si](C)(C)C.CC(C)Cc1cc([Si](C)(C)C)cnc1-c1[c-]cc(C#N)cc1.CC(C)c1cc(-c2[c-]cccc2)ncc1[Si](C)(C)C.CC(C)c1cc([Si](C)(C)C)cnc1-c1[c-]cccc1.CC(C)c1nc(-c2[c-]cccc2)ccc1[Si](C)(C)C.[Ir].[Ir].[Ir].[Ir].[Ir]. The van der Waals surface area contributed by atoms with E-state index < -0.39 is 40.4 Å². The van der Waals surface area contributed by atoms with Crippen molar-refractivity contribution in [1.29, 1.82) is 5.26 Å². The molecule has 0 aliphatic heterocycles. The second kappa shape index (κ2) is 45.8. The number of hydrogen-bond acceptors (Lipinski definition) is 6. The Balaban J connectivity index is 0.000000464. The molecule has 0 atom stereocenters. The number of benzene rings is 6. The van der Waals surface area contributed by atoms with Gasteiger partial charge in [0.2, 0.25) is 0 Å². The van der Waals surface area contributed by atoms with Crippen molar-refractivity contribution in [3.05, 3.63) is 265 Å². The summed E-state index contributed by atoms with van der Waals surface area (Å²) in [5, 5.41) is 16.2. The van der Waals surface area contributed by atoms with Gasteiger partial charge >= 0.3 is 0 Å². The van der Waals surface area contributed by atoms with E-state index in [9.17, 15) is 0 Å². The molecular formula is C94H117Ir5N6Si5-5. The summed E-state index contributed by atoms with van der Waals surface area (Å²) in [7, 11) is -6.76. The smallest absolute Gasteiger partial charge is 0.0799 e. The van der Waals surface area contributed by atoms with Gasteiger partial charge in [0.1, 0.15) is 0 Å². The number of rotatable bonds is 18. The number of hydrogen-bond donors (Lipinski definition) is 0. The summed E-state index contributed by atoms with van der Waals surface area (Å²) in [5.41, 5.74) is 20.3. The minimum Gasteiger partial charge on any atom is -0.305 e. The van der Waals surface area contributed by atoms with Crippen LogP contribution >= 0.6 is 0 Å². The third-order valence-corrected chi connectivity index (χ3v) is 28.4. The van der Waals surface area contributed by atoms with Gasteiger partial charge in [0.15, 0.2) is 0 Å². The fraction of sp³-hybridized carbons (Fsp3) is 0.340. The quantitative estimate of drug-likeness (QED) is 0.0628. The number of nitrogens with zero attached hydrogens (tertiary/aromatic N) is 6. The predicted octanol–water partition coefficient (Wildman–Crippen LogP) is 22.8. The van der Waals surface area contributed by atoms with Gasteiger partial charge in [0.25, 0.3) is 0 Å². The zero-order valence-corrected chi connectivity index (χ0v) is 86.7. The Morgan fingerprint density at radius 1 is 0.345 bits per heavy atom. The van der Waals surface area contributed by atoms with Gasteiger partial charge in [-0.3, -0.25) is 0 Å². The van der Waals surface area contributed by atoms with E-state index in [2.05, 4.69) is 318 Å². The summed E-state index contributed by atoms with van der Waals surface area (Å²) in [6.07, 6.45) is 10.4. The van der Waals surface area contributed by atoms with Crippen LogP contribution in [-0.2, 0) is 113 Å². The first kappa shape index (κ1) is 101. The van der Waals surface area contributed by atoms with Crippen molar-refractivity contribution in [2.45, 2.75) is 198 Å². The van der Waals surface area contributed by atoms with E-state index in [0.29, 0.717) is 35.2 Å². The van der Waals surface area contributed by atoms with Crippen molar-refractivity contribution in [2.75, 3.05) is 0 Å². The molecule has 0 aliphatic rings. The normalized spacial score (nSPS) is 11.2. The first-order valence-electron chi connectivity index (χ1n) is 37.8. The minimum absolute atomic E-state index is 0. The molecule has 5 heterocycles. The Morgan fingerprint density at radius 3 is 1.27 bits per heavy atom. The fourth-order valence-corrected chi connectivity index (χ4v) is 19.4. The zero-order valence-electron chi connectivity index (χ0n) is 69.7. The molecule has 0 amide bonds. The molecule has 0 unspecified atom stereocenters. The van der Waals surface area contributed by atoms with Crippen molar-refractivity contribution in [3.63, 3.8) is 0 Å². The maximum atomic E-state index is 8.92. The van der Waals surface area contributed by atoms with Crippen LogP contribution in [0.5, 0.6) is 0 Å². The molecule has 110 heavy (non-hydrogen) atoms. The molecule has 5 radical (unpaired) electrons. The molecule has 6 nitrogen and oxygen atoms in total. The van der Waals surface area contributed by atoms with Gasteiger partial charge in [-0.15, -0.1) is 173 Å². The van der Waals surface area contributed by atoms with Crippen LogP contribution < -0.4 is 25.9 Å². The van der Waals surface area contributed by atoms with Crippen LogP contribution in [0, 0.1) is 53.5 Å². The summed E-state index contributed by atoms with van der Waals surface area (Å²) in [4.78, 5) is 23.9. The van der Waals surface area contributed by atoms with Crippen LogP contribution in [0.2, 0.25) is 98.2 Å². The monoisotopic (exact) mass is 2430 g/mol. The number of pyridine rings is 5. The van der Waals surface area contributed by atoms with E-state index in [1.165, 1.54) is 65.0 Å². The van der Waals surface area contributed by atoms with Gasteiger partial charge in [-0.25, -0.2) is 5.26 Å². The Morgan fingerprint density at radius 2 is 0.809 bits per heavy atom. The standard InChI is InChI=1S/C24H28NSi.C19H23N2Si.3C17H22NSi.5Ir/c1-18(2)14-22-16-23(25-17-24(22)26(3,4)5)21-13-9-12-20(15-21)19-10-7-6-8-11-19;1-14(2)10-17-11-18(22(3,4)5)13-21-19(17)16-8-6-15(12-20)7-9-16;1-13(2)15-11-16(14-9-7-6-8-10-14)18-12-17(15)19(3,4)5;1-13(2)16-11-15(19(3,4)5)12-18-17(16)14-9-7-6-8-10-14;1-13(2)17-16(19(3,4)5)12-11-15(18-17)14-9-7-6-8-10-14;;;;;/h6-12,15-18H,14H2,1-5H3;6-8,11,13-14H,10H2,1-5H3;3*6-9,11-13H,1-5H3;;;;;/q5*-1;;;;;. The molecule has 16 heteroatoms. The van der Waals surface area contributed by atoms with Crippen molar-refractivity contribution < 1.29 is 101 Å². The minimum atomic E-state index is -1.40. The maximum Gasteiger partial charge on any atom is 0.0799 e. The average Bonchev–Trinajstić information content (AvgIpc) is 0.946. The van der Waals surface area contributed by atoms with Crippen molar-refractivity contribution in [3.8, 4) is 73.5 Å². The molecule has 0 spiro atoms. The average molecular weight is 2430 g/mol. The third kappa shape index (κ3) is 30.3. The van der Waals surface area contributed by atoms with Gasteiger partial charge in [0, 0.05) is 137 Å². The van der Waals surface area contributed by atoms with Crippen molar-refractivity contribution in [2.24, 2.45) is 11.8 Å². The fourth-order valence-electron chi connectivity index (χ4n) is 12.4. The largest absolute Gasteiger partial charge is 0.305 e. The van der Waals surface area contributed by atoms with Gasteiger partial charge in [-0.1, -0.05) is 256 Å². The van der Waals surface area contributed by atoms with E-state index in [1.807, 2.05) is 85.1 Å². The zero-order chi connectivity index (χ0) is 77.2. The summed E-state index contributed by atoms with van der Waals surface area (Å²) < 4.78 is 0. The van der Waals surface area contributed by atoms with E-state index >= 15 is 0 Å². The van der Waals surface area contributed by atoms with Crippen LogP contribution in [0.15, 0.2) is 201 Å². The molecule has 0 saturated heterocycles. The molecule has 5 aromatic heterocycles. The number of aromatic nitrogens is 5.